The predicted octanol–water partition coefficient (Wildman–Crippen LogP) is 1.33. The van der Waals surface area contributed by atoms with Gasteiger partial charge in [0.1, 0.15) is 10.9 Å². The number of nitrogens with two attached hydrogens (primary N) is 1. The van der Waals surface area contributed by atoms with E-state index in [1.54, 1.807) is 30.0 Å². The topological polar surface area (TPSA) is 89.4 Å². The molecule has 6 nitrogen and oxygen atoms in total. The molecule has 0 radical (unpaired) electrons. The largest absolute Gasteiger partial charge is 0.439 e. The first-order chi connectivity index (χ1) is 9.93. The first-order valence-corrected chi connectivity index (χ1v) is 9.70. The molecule has 0 saturated carbocycles. The fraction of sp³-hybridized carbons (Fsp3) is 0.462. The summed E-state index contributed by atoms with van der Waals surface area (Å²) in [5.74, 6) is 2.03. The summed E-state index contributed by atoms with van der Waals surface area (Å²) in [5.41, 5.74) is 7.72. The van der Waals surface area contributed by atoms with Gasteiger partial charge >= 0.3 is 0 Å². The van der Waals surface area contributed by atoms with Gasteiger partial charge in [-0.2, -0.15) is 11.8 Å². The van der Waals surface area contributed by atoms with Crippen LogP contribution in [0.15, 0.2) is 22.6 Å². The molecule has 1 saturated heterocycles. The molecule has 8 heteroatoms. The zero-order valence-corrected chi connectivity index (χ0v) is 13.3. The van der Waals surface area contributed by atoms with Crippen LogP contribution in [0.25, 0.3) is 11.1 Å². The van der Waals surface area contributed by atoms with Gasteiger partial charge in [-0.15, -0.1) is 0 Å². The zero-order chi connectivity index (χ0) is 15.0. The summed E-state index contributed by atoms with van der Waals surface area (Å²) >= 11 is 1.66. The van der Waals surface area contributed by atoms with Crippen molar-refractivity contribution in [3.63, 3.8) is 0 Å². The van der Waals surface area contributed by atoms with Crippen LogP contribution in [-0.2, 0) is 16.4 Å². The lowest BCUT2D eigenvalue weighted by Crippen LogP contribution is -2.46. The second kappa shape index (κ2) is 5.51. The van der Waals surface area contributed by atoms with E-state index in [9.17, 15) is 8.42 Å². The van der Waals surface area contributed by atoms with Crippen molar-refractivity contribution in [3.05, 3.63) is 24.1 Å². The van der Waals surface area contributed by atoms with Crippen LogP contribution >= 0.6 is 11.8 Å². The minimum absolute atomic E-state index is 0.396. The van der Waals surface area contributed by atoms with Crippen LogP contribution in [-0.4, -0.2) is 48.0 Å². The number of hydrogen-bond acceptors (Lipinski definition) is 7. The van der Waals surface area contributed by atoms with Crippen molar-refractivity contribution < 1.29 is 12.8 Å². The number of fused-ring (bicyclic) bond motifs is 1. The van der Waals surface area contributed by atoms with Gasteiger partial charge in [0.15, 0.2) is 15.4 Å². The van der Waals surface area contributed by atoms with Gasteiger partial charge in [-0.05, 0) is 18.2 Å². The zero-order valence-electron chi connectivity index (χ0n) is 11.7. The third-order valence-corrected chi connectivity index (χ3v) is 6.17. The average molecular weight is 327 g/mol. The van der Waals surface area contributed by atoms with Gasteiger partial charge in [0.05, 0.1) is 6.54 Å². The van der Waals surface area contributed by atoms with E-state index in [4.69, 9.17) is 10.2 Å². The van der Waals surface area contributed by atoms with Crippen molar-refractivity contribution >= 4 is 38.4 Å². The smallest absolute Gasteiger partial charge is 0.209 e. The molecule has 1 aromatic heterocycles. The maximum atomic E-state index is 11.9. The van der Waals surface area contributed by atoms with E-state index < -0.39 is 15.2 Å². The molecule has 21 heavy (non-hydrogen) atoms. The monoisotopic (exact) mass is 327 g/mol. The van der Waals surface area contributed by atoms with Crippen LogP contribution in [0, 0.1) is 0 Å². The van der Waals surface area contributed by atoms with Crippen LogP contribution in [0.2, 0.25) is 0 Å². The first kappa shape index (κ1) is 14.7. The second-order valence-electron chi connectivity index (χ2n) is 5.16. The highest BCUT2D eigenvalue weighted by Gasteiger charge is 2.31. The Labute approximate surface area is 127 Å². The molecule has 3 rings (SSSR count). The van der Waals surface area contributed by atoms with E-state index in [1.807, 2.05) is 4.90 Å². The molecule has 0 spiro atoms. The average Bonchev–Trinajstić information content (AvgIpc) is 2.79. The van der Waals surface area contributed by atoms with Crippen LogP contribution in [0.1, 0.15) is 5.89 Å². The standard InChI is InChI=1S/C13H17N3O3S2/c1-21(17,18)13-8-20-5-4-16(13)7-12-15-10-6-9(14)2-3-11(10)19-12/h2-3,6,13H,4-5,7-8,14H2,1H3. The third-order valence-electron chi connectivity index (χ3n) is 3.48. The van der Waals surface area contributed by atoms with Crippen LogP contribution in [0.3, 0.4) is 0 Å². The Balaban J connectivity index is 1.86. The number of sulfone groups is 1. The van der Waals surface area contributed by atoms with E-state index in [1.165, 1.54) is 6.26 Å². The maximum Gasteiger partial charge on any atom is 0.209 e. The number of aromatic nitrogens is 1. The Kier molecular flexibility index (Phi) is 3.85. The minimum atomic E-state index is -3.12. The molecule has 0 bridgehead atoms. The SMILES string of the molecule is CS(=O)(=O)C1CSCCN1Cc1nc2cc(N)ccc2o1. The van der Waals surface area contributed by atoms with Gasteiger partial charge in [-0.3, -0.25) is 4.90 Å². The summed E-state index contributed by atoms with van der Waals surface area (Å²) in [6.45, 7) is 1.11. The van der Waals surface area contributed by atoms with Crippen molar-refractivity contribution in [2.45, 2.75) is 11.9 Å². The van der Waals surface area contributed by atoms with E-state index in [0.717, 1.165) is 5.75 Å². The quantitative estimate of drug-likeness (QED) is 0.851. The molecule has 114 valence electrons. The number of rotatable bonds is 3. The second-order valence-corrected chi connectivity index (χ2v) is 8.52. The summed E-state index contributed by atoms with van der Waals surface area (Å²) in [4.78, 5) is 6.31. The summed E-state index contributed by atoms with van der Waals surface area (Å²) < 4.78 is 29.4. The lowest BCUT2D eigenvalue weighted by Gasteiger charge is -2.32. The number of benzene rings is 1. The molecule has 0 aliphatic carbocycles. The normalized spacial score (nSPS) is 20.9. The van der Waals surface area contributed by atoms with E-state index in [0.29, 0.717) is 41.5 Å². The number of hydrogen-bond donors (Lipinski definition) is 1. The Morgan fingerprint density at radius 2 is 2.33 bits per heavy atom. The van der Waals surface area contributed by atoms with Crippen LogP contribution in [0.5, 0.6) is 0 Å². The van der Waals surface area contributed by atoms with Gasteiger partial charge < -0.3 is 10.2 Å². The van der Waals surface area contributed by atoms with Crippen molar-refractivity contribution in [3.8, 4) is 0 Å². The molecule has 0 amide bonds. The van der Waals surface area contributed by atoms with Crippen molar-refractivity contribution in [1.29, 1.82) is 0 Å². The van der Waals surface area contributed by atoms with Crippen LogP contribution in [0.4, 0.5) is 5.69 Å². The van der Waals surface area contributed by atoms with Gasteiger partial charge in [0.2, 0.25) is 5.89 Å². The van der Waals surface area contributed by atoms with Crippen molar-refractivity contribution in [1.82, 2.24) is 9.88 Å². The van der Waals surface area contributed by atoms with Gasteiger partial charge in [-0.1, -0.05) is 0 Å². The Hall–Kier alpha value is -1.25. The fourth-order valence-electron chi connectivity index (χ4n) is 2.42. The van der Waals surface area contributed by atoms with E-state index >= 15 is 0 Å². The number of thioether (sulfide) groups is 1. The Morgan fingerprint density at radius 3 is 3.10 bits per heavy atom. The van der Waals surface area contributed by atoms with Crippen molar-refractivity contribution in [2.24, 2.45) is 0 Å². The summed E-state index contributed by atoms with van der Waals surface area (Å²) in [6.07, 6.45) is 1.28. The minimum Gasteiger partial charge on any atom is -0.439 e. The number of nitrogen functional groups attached to an aromatic ring is 1. The number of anilines is 1. The maximum absolute atomic E-state index is 11.9. The lowest BCUT2D eigenvalue weighted by atomic mass is 10.3. The highest BCUT2D eigenvalue weighted by Crippen LogP contribution is 2.24. The molecule has 1 aromatic carbocycles. The van der Waals surface area contributed by atoms with Gasteiger partial charge in [0.25, 0.3) is 0 Å². The molecular weight excluding hydrogens is 310 g/mol. The molecule has 1 aliphatic rings. The molecular formula is C13H17N3O3S2. The fourth-order valence-corrected chi connectivity index (χ4v) is 5.37. The predicted molar refractivity (Wildman–Crippen MR) is 84.8 cm³/mol. The van der Waals surface area contributed by atoms with Crippen molar-refractivity contribution in [2.75, 3.05) is 30.0 Å². The first-order valence-electron chi connectivity index (χ1n) is 6.59. The number of oxazole rings is 1. The summed E-state index contributed by atoms with van der Waals surface area (Å²) in [5, 5.41) is -0.476. The molecule has 2 heterocycles. The lowest BCUT2D eigenvalue weighted by molar-refractivity contribution is 0.238. The Morgan fingerprint density at radius 1 is 1.52 bits per heavy atom. The molecule has 2 aromatic rings. The molecule has 1 atom stereocenters. The van der Waals surface area contributed by atoms with Gasteiger partial charge in [-0.25, -0.2) is 13.4 Å². The summed E-state index contributed by atoms with van der Waals surface area (Å²) in [7, 11) is -3.12. The summed E-state index contributed by atoms with van der Waals surface area (Å²) in [6, 6.07) is 5.29. The highest BCUT2D eigenvalue weighted by atomic mass is 32.2. The number of nitrogens with zero attached hydrogens (tertiary/aromatic N) is 2. The van der Waals surface area contributed by atoms with E-state index in [2.05, 4.69) is 4.98 Å². The van der Waals surface area contributed by atoms with Crippen LogP contribution < -0.4 is 5.73 Å². The molecule has 1 unspecified atom stereocenters. The highest BCUT2D eigenvalue weighted by molar-refractivity contribution is 8.00. The third kappa shape index (κ3) is 3.17. The molecule has 1 fully saturated rings. The van der Waals surface area contributed by atoms with Gasteiger partial charge in [0, 0.05) is 30.0 Å². The molecule has 2 N–H and O–H groups in total. The van der Waals surface area contributed by atoms with E-state index in [-0.39, 0.29) is 0 Å². The Bertz CT molecular complexity index is 757. The molecule has 1 aliphatic heterocycles.